The second kappa shape index (κ2) is 4.91. The molecule has 0 aromatic heterocycles. The van der Waals surface area contributed by atoms with Crippen LogP contribution in [-0.4, -0.2) is 0 Å². The van der Waals surface area contributed by atoms with Crippen molar-refractivity contribution < 1.29 is 4.39 Å². The van der Waals surface area contributed by atoms with Gasteiger partial charge in [-0.15, -0.1) is 0 Å². The fraction of sp³-hybridized carbons (Fsp3) is 0.250. The maximum Gasteiger partial charge on any atom is 0.123 e. The van der Waals surface area contributed by atoms with Gasteiger partial charge in [-0.05, 0) is 60.7 Å². The fourth-order valence-corrected chi connectivity index (χ4v) is 2.46. The van der Waals surface area contributed by atoms with Gasteiger partial charge in [-0.1, -0.05) is 24.3 Å². The monoisotopic (exact) mass is 243 g/mol. The third-order valence-electron chi connectivity index (χ3n) is 3.22. The number of aryl methyl sites for hydroxylation is 2. The van der Waals surface area contributed by atoms with Gasteiger partial charge in [0.05, 0.1) is 0 Å². The molecule has 2 heteroatoms. The van der Waals surface area contributed by atoms with Crippen LogP contribution in [0.2, 0.25) is 0 Å². The van der Waals surface area contributed by atoms with Gasteiger partial charge in [-0.2, -0.15) is 0 Å². The molecule has 18 heavy (non-hydrogen) atoms. The minimum Gasteiger partial charge on any atom is -0.324 e. The minimum atomic E-state index is -0.188. The average Bonchev–Trinajstić information content (AvgIpc) is 2.28. The van der Waals surface area contributed by atoms with Crippen molar-refractivity contribution in [3.63, 3.8) is 0 Å². The summed E-state index contributed by atoms with van der Waals surface area (Å²) in [5, 5.41) is 0. The van der Waals surface area contributed by atoms with Gasteiger partial charge < -0.3 is 5.73 Å². The highest BCUT2D eigenvalue weighted by Crippen LogP contribution is 2.32. The zero-order valence-corrected chi connectivity index (χ0v) is 11.0. The summed E-state index contributed by atoms with van der Waals surface area (Å²) in [6.45, 7) is 5.83. The number of halogens is 1. The Kier molecular flexibility index (Phi) is 3.48. The van der Waals surface area contributed by atoms with Crippen LogP contribution in [0.1, 0.15) is 29.7 Å². The van der Waals surface area contributed by atoms with Crippen molar-refractivity contribution >= 4 is 0 Å². The molecule has 0 spiro atoms. The van der Waals surface area contributed by atoms with E-state index in [-0.39, 0.29) is 11.9 Å². The van der Waals surface area contributed by atoms with Crippen LogP contribution in [0.15, 0.2) is 36.4 Å². The van der Waals surface area contributed by atoms with Crippen molar-refractivity contribution in [3.8, 4) is 11.1 Å². The van der Waals surface area contributed by atoms with Crippen LogP contribution < -0.4 is 5.73 Å². The van der Waals surface area contributed by atoms with Crippen LogP contribution in [0.3, 0.4) is 0 Å². The second-order valence-corrected chi connectivity index (χ2v) is 4.79. The molecule has 0 heterocycles. The molecule has 0 bridgehead atoms. The van der Waals surface area contributed by atoms with Crippen molar-refractivity contribution in [3.05, 3.63) is 58.9 Å². The van der Waals surface area contributed by atoms with Crippen molar-refractivity contribution in [2.24, 2.45) is 5.73 Å². The lowest BCUT2D eigenvalue weighted by atomic mass is 9.90. The fourth-order valence-electron chi connectivity index (χ4n) is 2.46. The molecule has 0 amide bonds. The largest absolute Gasteiger partial charge is 0.324 e. The third kappa shape index (κ3) is 2.29. The molecule has 2 rings (SSSR count). The first-order valence-electron chi connectivity index (χ1n) is 6.12. The summed E-state index contributed by atoms with van der Waals surface area (Å²) in [6.07, 6.45) is 0. The Labute approximate surface area is 107 Å². The van der Waals surface area contributed by atoms with E-state index in [1.165, 1.54) is 0 Å². The van der Waals surface area contributed by atoms with E-state index in [4.69, 9.17) is 5.73 Å². The van der Waals surface area contributed by atoms with Crippen molar-refractivity contribution in [1.29, 1.82) is 0 Å². The molecule has 0 aliphatic heterocycles. The van der Waals surface area contributed by atoms with E-state index in [9.17, 15) is 4.39 Å². The summed E-state index contributed by atoms with van der Waals surface area (Å²) in [4.78, 5) is 0. The van der Waals surface area contributed by atoms with Crippen LogP contribution in [-0.2, 0) is 0 Å². The minimum absolute atomic E-state index is 0.0370. The molecule has 0 fully saturated rings. The van der Waals surface area contributed by atoms with Crippen molar-refractivity contribution in [2.75, 3.05) is 0 Å². The van der Waals surface area contributed by atoms with Gasteiger partial charge in [0.2, 0.25) is 0 Å². The van der Waals surface area contributed by atoms with Crippen LogP contribution >= 0.6 is 0 Å². The number of nitrogens with two attached hydrogens (primary N) is 1. The van der Waals surface area contributed by atoms with E-state index < -0.39 is 0 Å². The Hall–Kier alpha value is -1.67. The summed E-state index contributed by atoms with van der Waals surface area (Å²) in [5.74, 6) is -0.188. The topological polar surface area (TPSA) is 26.0 Å². The Morgan fingerprint density at radius 3 is 2.17 bits per heavy atom. The van der Waals surface area contributed by atoms with Gasteiger partial charge in [0, 0.05) is 6.04 Å². The maximum absolute atomic E-state index is 13.4. The summed E-state index contributed by atoms with van der Waals surface area (Å²) in [5.41, 5.74) is 11.2. The Balaban J connectivity index is 2.70. The van der Waals surface area contributed by atoms with Gasteiger partial charge in [0.25, 0.3) is 0 Å². The predicted molar refractivity (Wildman–Crippen MR) is 73.9 cm³/mol. The third-order valence-corrected chi connectivity index (χ3v) is 3.22. The van der Waals surface area contributed by atoms with Crippen LogP contribution in [0.25, 0.3) is 11.1 Å². The lowest BCUT2D eigenvalue weighted by Crippen LogP contribution is -2.07. The summed E-state index contributed by atoms with van der Waals surface area (Å²) < 4.78 is 13.4. The summed E-state index contributed by atoms with van der Waals surface area (Å²) in [7, 11) is 0. The zero-order valence-electron chi connectivity index (χ0n) is 11.0. The standard InChI is InChI=1S/C16H18FN/c1-10-8-13(17)9-11(2)16(10)15-7-5-4-6-14(15)12(3)18/h4-9,12H,18H2,1-3H3. The second-order valence-electron chi connectivity index (χ2n) is 4.79. The van der Waals surface area contributed by atoms with Gasteiger partial charge in [0.1, 0.15) is 5.82 Å². The van der Waals surface area contributed by atoms with Gasteiger partial charge in [0.15, 0.2) is 0 Å². The quantitative estimate of drug-likeness (QED) is 0.843. The highest BCUT2D eigenvalue weighted by molar-refractivity contribution is 5.74. The summed E-state index contributed by atoms with van der Waals surface area (Å²) in [6, 6.07) is 11.2. The van der Waals surface area contributed by atoms with Gasteiger partial charge >= 0.3 is 0 Å². The van der Waals surface area contributed by atoms with Crippen LogP contribution in [0, 0.1) is 19.7 Å². The SMILES string of the molecule is Cc1cc(F)cc(C)c1-c1ccccc1C(C)N. The van der Waals surface area contributed by atoms with Crippen molar-refractivity contribution in [2.45, 2.75) is 26.8 Å². The zero-order chi connectivity index (χ0) is 13.3. The summed E-state index contributed by atoms with van der Waals surface area (Å²) >= 11 is 0. The number of hydrogen-bond acceptors (Lipinski definition) is 1. The van der Waals surface area contributed by atoms with E-state index in [1.54, 1.807) is 12.1 Å². The first kappa shape index (κ1) is 12.8. The lowest BCUT2D eigenvalue weighted by Gasteiger charge is -2.17. The Morgan fingerprint density at radius 1 is 1.06 bits per heavy atom. The molecule has 2 aromatic rings. The molecule has 2 N–H and O–H groups in total. The maximum atomic E-state index is 13.4. The lowest BCUT2D eigenvalue weighted by molar-refractivity contribution is 0.625. The molecule has 0 aliphatic carbocycles. The number of hydrogen-bond donors (Lipinski definition) is 1. The molecule has 1 atom stereocenters. The molecule has 94 valence electrons. The molecule has 0 radical (unpaired) electrons. The van der Waals surface area contributed by atoms with E-state index in [0.717, 1.165) is 27.8 Å². The smallest absolute Gasteiger partial charge is 0.123 e. The molecule has 0 saturated carbocycles. The molecular weight excluding hydrogens is 225 g/mol. The van der Waals surface area contributed by atoms with E-state index >= 15 is 0 Å². The molecule has 0 aliphatic rings. The van der Waals surface area contributed by atoms with Crippen LogP contribution in [0.5, 0.6) is 0 Å². The first-order valence-corrected chi connectivity index (χ1v) is 6.12. The molecule has 0 saturated heterocycles. The molecule has 1 unspecified atom stereocenters. The van der Waals surface area contributed by atoms with Crippen molar-refractivity contribution in [1.82, 2.24) is 0 Å². The first-order chi connectivity index (χ1) is 8.50. The van der Waals surface area contributed by atoms with Gasteiger partial charge in [-0.25, -0.2) is 4.39 Å². The Bertz CT molecular complexity index is 550. The predicted octanol–water partition coefficient (Wildman–Crippen LogP) is 4.13. The van der Waals surface area contributed by atoms with Crippen LogP contribution in [0.4, 0.5) is 4.39 Å². The number of rotatable bonds is 2. The molecule has 1 nitrogen and oxygen atoms in total. The van der Waals surface area contributed by atoms with Gasteiger partial charge in [-0.3, -0.25) is 0 Å². The highest BCUT2D eigenvalue weighted by atomic mass is 19.1. The average molecular weight is 243 g/mol. The number of benzene rings is 2. The van der Waals surface area contributed by atoms with E-state index in [1.807, 2.05) is 45.0 Å². The molecular formula is C16H18FN. The van der Waals surface area contributed by atoms with E-state index in [0.29, 0.717) is 0 Å². The Morgan fingerprint density at radius 2 is 1.61 bits per heavy atom. The normalized spacial score (nSPS) is 12.5. The molecule has 2 aromatic carbocycles. The highest BCUT2D eigenvalue weighted by Gasteiger charge is 2.13. The van der Waals surface area contributed by atoms with E-state index in [2.05, 4.69) is 0 Å².